The number of hydrogen-bond acceptors (Lipinski definition) is 5. The molecular formula is C17H26N6O2. The number of hydrogen-bond donors (Lipinski definition) is 0. The Balaban J connectivity index is 2.16. The normalized spacial score (nSPS) is 17.1. The molecule has 3 rings (SSSR count). The summed E-state index contributed by atoms with van der Waals surface area (Å²) >= 11 is 0. The van der Waals surface area contributed by atoms with Crippen LogP contribution in [0.3, 0.4) is 0 Å². The maximum Gasteiger partial charge on any atom is 0.332 e. The summed E-state index contributed by atoms with van der Waals surface area (Å²) in [6, 6.07) is -0.0721. The molecule has 2 aromatic rings. The first-order valence-corrected chi connectivity index (χ1v) is 8.89. The Bertz CT molecular complexity index is 949. The molecule has 1 atom stereocenters. The Morgan fingerprint density at radius 3 is 2.48 bits per heavy atom. The molecule has 0 aliphatic carbocycles. The van der Waals surface area contributed by atoms with Crippen molar-refractivity contribution in [2.75, 3.05) is 11.6 Å². The Labute approximate surface area is 146 Å². The van der Waals surface area contributed by atoms with Gasteiger partial charge in [-0.1, -0.05) is 26.2 Å². The number of unbranched alkanes of at least 4 members (excludes halogenated alkanes) is 3. The predicted octanol–water partition coefficient (Wildman–Crippen LogP) is 1.77. The second-order valence-electron chi connectivity index (χ2n) is 6.76. The van der Waals surface area contributed by atoms with Crippen molar-refractivity contribution in [3.8, 4) is 0 Å². The molecule has 2 aromatic heterocycles. The van der Waals surface area contributed by atoms with Crippen molar-refractivity contribution in [2.24, 2.45) is 19.2 Å². The summed E-state index contributed by atoms with van der Waals surface area (Å²) in [6.45, 7) is 6.90. The number of anilines is 1. The summed E-state index contributed by atoms with van der Waals surface area (Å²) in [5, 5.41) is 6.54. The van der Waals surface area contributed by atoms with Crippen LogP contribution in [-0.2, 0) is 14.1 Å². The van der Waals surface area contributed by atoms with Gasteiger partial charge in [0.1, 0.15) is 0 Å². The van der Waals surface area contributed by atoms with Crippen molar-refractivity contribution in [1.29, 1.82) is 0 Å². The van der Waals surface area contributed by atoms with Crippen LogP contribution in [0, 0.1) is 0 Å². The van der Waals surface area contributed by atoms with E-state index in [0.717, 1.165) is 29.7 Å². The van der Waals surface area contributed by atoms with Gasteiger partial charge in [-0.05, 0) is 20.3 Å². The highest BCUT2D eigenvalue weighted by Crippen LogP contribution is 2.29. The van der Waals surface area contributed by atoms with Gasteiger partial charge in [0, 0.05) is 20.6 Å². The van der Waals surface area contributed by atoms with Crippen LogP contribution in [0.4, 0.5) is 5.95 Å². The van der Waals surface area contributed by atoms with Gasteiger partial charge < -0.3 is 0 Å². The maximum absolute atomic E-state index is 12.7. The molecule has 1 aliphatic heterocycles. The fraction of sp³-hybridized carbons (Fsp3) is 0.647. The van der Waals surface area contributed by atoms with Crippen LogP contribution in [0.25, 0.3) is 11.2 Å². The number of aryl methyl sites for hydroxylation is 1. The summed E-state index contributed by atoms with van der Waals surface area (Å²) in [5.74, 6) is 0.642. The first kappa shape index (κ1) is 17.4. The third kappa shape index (κ3) is 2.69. The van der Waals surface area contributed by atoms with Gasteiger partial charge in [-0.25, -0.2) is 9.80 Å². The first-order chi connectivity index (χ1) is 11.9. The molecule has 3 heterocycles. The molecule has 8 nitrogen and oxygen atoms in total. The molecule has 0 unspecified atom stereocenters. The van der Waals surface area contributed by atoms with Crippen LogP contribution >= 0.6 is 0 Å². The van der Waals surface area contributed by atoms with Gasteiger partial charge in [0.25, 0.3) is 5.56 Å². The lowest BCUT2D eigenvalue weighted by atomic mass is 10.2. The molecule has 136 valence electrons. The van der Waals surface area contributed by atoms with Crippen molar-refractivity contribution >= 4 is 22.8 Å². The van der Waals surface area contributed by atoms with E-state index in [4.69, 9.17) is 0 Å². The van der Waals surface area contributed by atoms with Crippen LogP contribution in [0.15, 0.2) is 14.7 Å². The third-order valence-corrected chi connectivity index (χ3v) is 5.00. The van der Waals surface area contributed by atoms with Gasteiger partial charge in [0.05, 0.1) is 11.8 Å². The topological polar surface area (TPSA) is 77.4 Å². The van der Waals surface area contributed by atoms with Gasteiger partial charge in [-0.15, -0.1) is 0 Å². The molecule has 0 saturated carbocycles. The average molecular weight is 346 g/mol. The summed E-state index contributed by atoms with van der Waals surface area (Å²) in [6.07, 6.45) is 4.52. The van der Waals surface area contributed by atoms with E-state index in [9.17, 15) is 9.59 Å². The summed E-state index contributed by atoms with van der Waals surface area (Å²) in [7, 11) is 3.15. The van der Waals surface area contributed by atoms with E-state index in [1.165, 1.54) is 24.5 Å². The molecule has 0 saturated heterocycles. The monoisotopic (exact) mass is 346 g/mol. The minimum Gasteiger partial charge on any atom is -0.294 e. The lowest BCUT2D eigenvalue weighted by Gasteiger charge is -2.29. The zero-order valence-corrected chi connectivity index (χ0v) is 15.6. The molecule has 0 aromatic carbocycles. The van der Waals surface area contributed by atoms with E-state index in [1.54, 1.807) is 7.05 Å². The third-order valence-electron chi connectivity index (χ3n) is 5.00. The Kier molecular flexibility index (Phi) is 4.53. The molecule has 0 bridgehead atoms. The molecule has 0 N–H and O–H groups in total. The fourth-order valence-corrected chi connectivity index (χ4v) is 3.30. The van der Waals surface area contributed by atoms with Crippen molar-refractivity contribution in [2.45, 2.75) is 52.5 Å². The number of hydrazone groups is 1. The van der Waals surface area contributed by atoms with E-state index in [-0.39, 0.29) is 17.3 Å². The van der Waals surface area contributed by atoms with Gasteiger partial charge in [-0.3, -0.25) is 18.5 Å². The van der Waals surface area contributed by atoms with Crippen molar-refractivity contribution in [3.63, 3.8) is 0 Å². The molecule has 0 radical (unpaired) electrons. The second-order valence-corrected chi connectivity index (χ2v) is 6.76. The fourth-order valence-electron chi connectivity index (χ4n) is 3.30. The summed E-state index contributed by atoms with van der Waals surface area (Å²) in [5.41, 5.74) is 1.12. The summed E-state index contributed by atoms with van der Waals surface area (Å²) in [4.78, 5) is 29.6. The van der Waals surface area contributed by atoms with Crippen molar-refractivity contribution in [3.05, 3.63) is 20.8 Å². The lowest BCUT2D eigenvalue weighted by Crippen LogP contribution is -2.38. The number of rotatable bonds is 5. The van der Waals surface area contributed by atoms with Crippen molar-refractivity contribution in [1.82, 2.24) is 18.7 Å². The minimum absolute atomic E-state index is 0.0721. The van der Waals surface area contributed by atoms with Crippen LogP contribution in [0.5, 0.6) is 0 Å². The van der Waals surface area contributed by atoms with E-state index in [1.807, 2.05) is 23.4 Å². The second kappa shape index (κ2) is 6.50. The quantitative estimate of drug-likeness (QED) is 0.773. The molecule has 0 amide bonds. The molecule has 1 aliphatic rings. The average Bonchev–Trinajstić information content (AvgIpc) is 3.00. The maximum atomic E-state index is 12.7. The van der Waals surface area contributed by atoms with Crippen LogP contribution in [0.1, 0.15) is 52.5 Å². The molecule has 8 heteroatoms. The van der Waals surface area contributed by atoms with E-state index in [0.29, 0.717) is 17.1 Å². The molecule has 0 fully saturated rings. The zero-order valence-electron chi connectivity index (χ0n) is 15.6. The number of imidazole rings is 1. The number of aromatic nitrogens is 4. The summed E-state index contributed by atoms with van der Waals surface area (Å²) < 4.78 is 4.48. The van der Waals surface area contributed by atoms with Crippen molar-refractivity contribution < 1.29 is 0 Å². The van der Waals surface area contributed by atoms with Gasteiger partial charge in [0.2, 0.25) is 5.95 Å². The zero-order chi connectivity index (χ0) is 18.3. The van der Waals surface area contributed by atoms with E-state index in [2.05, 4.69) is 17.0 Å². The van der Waals surface area contributed by atoms with Crippen LogP contribution in [-0.4, -0.2) is 30.9 Å². The highest BCUT2D eigenvalue weighted by molar-refractivity contribution is 5.90. The Morgan fingerprint density at radius 1 is 1.08 bits per heavy atom. The molecule has 25 heavy (non-hydrogen) atoms. The Hall–Kier alpha value is -2.38. The highest BCUT2D eigenvalue weighted by atomic mass is 16.2. The van der Waals surface area contributed by atoms with E-state index < -0.39 is 0 Å². The SMILES string of the molecule is CCCCCCN1N=C(C)[C@@H](C)n2c1nc1c2c(=O)n(C)c(=O)n1C. The van der Waals surface area contributed by atoms with Gasteiger partial charge in [-0.2, -0.15) is 10.1 Å². The van der Waals surface area contributed by atoms with E-state index >= 15 is 0 Å². The predicted molar refractivity (Wildman–Crippen MR) is 99.5 cm³/mol. The van der Waals surface area contributed by atoms with Crippen LogP contribution < -0.4 is 16.3 Å². The van der Waals surface area contributed by atoms with Gasteiger partial charge >= 0.3 is 5.69 Å². The van der Waals surface area contributed by atoms with Gasteiger partial charge in [0.15, 0.2) is 11.2 Å². The lowest BCUT2D eigenvalue weighted by molar-refractivity contribution is 0.601. The number of fused-ring (bicyclic) bond motifs is 3. The first-order valence-electron chi connectivity index (χ1n) is 8.89. The Morgan fingerprint density at radius 2 is 1.80 bits per heavy atom. The minimum atomic E-state index is -0.368. The highest BCUT2D eigenvalue weighted by Gasteiger charge is 2.29. The largest absolute Gasteiger partial charge is 0.332 e. The smallest absolute Gasteiger partial charge is 0.294 e. The molecule has 0 spiro atoms. The number of nitrogens with zero attached hydrogens (tertiary/aromatic N) is 6. The standard InChI is InChI=1S/C17H26N6O2/c1-6-7-8-9-10-22-16-18-14-13(23(16)12(3)11(2)19-22)15(24)21(5)17(25)20(14)4/h12H,6-10H2,1-5H3/t12-/m1/s1. The molecular weight excluding hydrogens is 320 g/mol. The van der Waals surface area contributed by atoms with Crippen LogP contribution in [0.2, 0.25) is 0 Å².